The van der Waals surface area contributed by atoms with Crippen LogP contribution in [-0.2, 0) is 11.2 Å². The summed E-state index contributed by atoms with van der Waals surface area (Å²) in [6.07, 6.45) is 2.75. The Kier molecular flexibility index (Phi) is 7.22. The predicted octanol–water partition coefficient (Wildman–Crippen LogP) is 4.87. The molecule has 1 aliphatic heterocycles. The molecule has 28 heavy (non-hydrogen) atoms. The van der Waals surface area contributed by atoms with Crippen molar-refractivity contribution in [2.45, 2.75) is 25.3 Å². The molecule has 0 aliphatic carbocycles. The molecule has 1 amide bonds. The van der Waals surface area contributed by atoms with Crippen molar-refractivity contribution in [2.24, 2.45) is 0 Å². The van der Waals surface area contributed by atoms with Gasteiger partial charge < -0.3 is 15.1 Å². The van der Waals surface area contributed by atoms with Crippen molar-refractivity contribution in [3.8, 4) is 0 Å². The number of nitrogens with zero attached hydrogens (tertiary/aromatic N) is 2. The number of nitrogens with one attached hydrogen (secondary N) is 1. The van der Waals surface area contributed by atoms with Crippen LogP contribution in [0.1, 0.15) is 30.0 Å². The van der Waals surface area contributed by atoms with E-state index in [0.717, 1.165) is 36.4 Å². The van der Waals surface area contributed by atoms with Gasteiger partial charge in [-0.2, -0.15) is 0 Å². The molecule has 0 radical (unpaired) electrons. The second-order valence-corrected chi connectivity index (χ2v) is 8.14. The smallest absolute Gasteiger partial charge is 0.227 e. The molecule has 0 spiro atoms. The molecule has 2 aromatic rings. The van der Waals surface area contributed by atoms with Crippen LogP contribution in [0.4, 0.5) is 5.69 Å². The fourth-order valence-electron chi connectivity index (χ4n) is 3.69. The maximum Gasteiger partial charge on any atom is 0.227 e. The van der Waals surface area contributed by atoms with Crippen molar-refractivity contribution >= 4 is 34.8 Å². The first-order chi connectivity index (χ1) is 13.5. The Morgan fingerprint density at radius 3 is 2.57 bits per heavy atom. The van der Waals surface area contributed by atoms with E-state index in [1.807, 2.05) is 37.2 Å². The van der Waals surface area contributed by atoms with Gasteiger partial charge in [-0.1, -0.05) is 41.4 Å². The zero-order valence-electron chi connectivity index (χ0n) is 16.4. The van der Waals surface area contributed by atoms with Gasteiger partial charge >= 0.3 is 0 Å². The Morgan fingerprint density at radius 2 is 1.89 bits per heavy atom. The minimum absolute atomic E-state index is 0.00155. The normalized spacial score (nSPS) is 15.4. The molecule has 1 heterocycles. The van der Waals surface area contributed by atoms with Gasteiger partial charge in [-0.05, 0) is 61.3 Å². The third-order valence-corrected chi connectivity index (χ3v) is 6.13. The van der Waals surface area contributed by atoms with Crippen LogP contribution in [0.15, 0.2) is 42.5 Å². The third-order valence-electron chi connectivity index (χ3n) is 5.39. The van der Waals surface area contributed by atoms with Crippen LogP contribution in [0.5, 0.6) is 0 Å². The van der Waals surface area contributed by atoms with E-state index in [1.54, 1.807) is 12.1 Å². The van der Waals surface area contributed by atoms with Gasteiger partial charge in [0, 0.05) is 26.3 Å². The number of likely N-dealkylation sites (tertiary alicyclic amines) is 1. The molecule has 1 aliphatic rings. The number of anilines is 1. The summed E-state index contributed by atoms with van der Waals surface area (Å²) in [6, 6.07) is 13.7. The molecule has 6 heteroatoms. The Bertz CT molecular complexity index is 821. The lowest BCUT2D eigenvalue weighted by atomic mass is 10.0. The summed E-state index contributed by atoms with van der Waals surface area (Å²) in [5.74, 6) is 0.0671. The second-order valence-electron chi connectivity index (χ2n) is 7.33. The van der Waals surface area contributed by atoms with Crippen LogP contribution in [0.25, 0.3) is 0 Å². The Hall–Kier alpha value is -1.75. The second kappa shape index (κ2) is 9.64. The SMILES string of the molecule is CNc1cccc([C@H](CN2CCCC2)N(C)C(=O)Cc2ccc(Cl)c(Cl)c2)c1. The minimum Gasteiger partial charge on any atom is -0.388 e. The number of carbonyl (C=O) groups is 1. The summed E-state index contributed by atoms with van der Waals surface area (Å²) in [4.78, 5) is 17.4. The maximum absolute atomic E-state index is 13.1. The van der Waals surface area contributed by atoms with E-state index >= 15 is 0 Å². The highest BCUT2D eigenvalue weighted by atomic mass is 35.5. The lowest BCUT2D eigenvalue weighted by molar-refractivity contribution is -0.131. The van der Waals surface area contributed by atoms with Crippen molar-refractivity contribution in [1.82, 2.24) is 9.80 Å². The molecule has 1 N–H and O–H groups in total. The average Bonchev–Trinajstić information content (AvgIpc) is 3.21. The molecular weight excluding hydrogens is 393 g/mol. The van der Waals surface area contributed by atoms with Crippen LogP contribution >= 0.6 is 23.2 Å². The zero-order valence-corrected chi connectivity index (χ0v) is 17.9. The first kappa shape index (κ1) is 21.0. The molecule has 4 nitrogen and oxygen atoms in total. The van der Waals surface area contributed by atoms with Gasteiger partial charge in [0.25, 0.3) is 0 Å². The van der Waals surface area contributed by atoms with E-state index in [1.165, 1.54) is 12.8 Å². The van der Waals surface area contributed by atoms with Gasteiger partial charge in [-0.25, -0.2) is 0 Å². The molecule has 0 aromatic heterocycles. The first-order valence-electron chi connectivity index (χ1n) is 9.67. The molecular formula is C22H27Cl2N3O. The third kappa shape index (κ3) is 5.19. The Morgan fingerprint density at radius 1 is 1.14 bits per heavy atom. The molecule has 2 aromatic carbocycles. The lowest BCUT2D eigenvalue weighted by Crippen LogP contribution is -2.39. The highest BCUT2D eigenvalue weighted by Gasteiger charge is 2.26. The predicted molar refractivity (Wildman–Crippen MR) is 117 cm³/mol. The van der Waals surface area contributed by atoms with E-state index < -0.39 is 0 Å². The number of rotatable bonds is 7. The fourth-order valence-corrected chi connectivity index (χ4v) is 4.01. The number of halogens is 2. The summed E-state index contributed by atoms with van der Waals surface area (Å²) in [5, 5.41) is 4.17. The molecule has 150 valence electrons. The van der Waals surface area contributed by atoms with Crippen LogP contribution in [0, 0.1) is 0 Å². The number of benzene rings is 2. The maximum atomic E-state index is 13.1. The summed E-state index contributed by atoms with van der Waals surface area (Å²) < 4.78 is 0. The van der Waals surface area contributed by atoms with E-state index in [2.05, 4.69) is 22.3 Å². The van der Waals surface area contributed by atoms with Crippen LogP contribution in [0.3, 0.4) is 0 Å². The van der Waals surface area contributed by atoms with E-state index in [-0.39, 0.29) is 11.9 Å². The van der Waals surface area contributed by atoms with Gasteiger partial charge in [0.2, 0.25) is 5.91 Å². The van der Waals surface area contributed by atoms with Crippen LogP contribution < -0.4 is 5.32 Å². The van der Waals surface area contributed by atoms with Gasteiger partial charge in [-0.3, -0.25) is 4.79 Å². The minimum atomic E-state index is 0.00155. The van der Waals surface area contributed by atoms with Crippen molar-refractivity contribution in [3.63, 3.8) is 0 Å². The monoisotopic (exact) mass is 419 g/mol. The average molecular weight is 420 g/mol. The summed E-state index contributed by atoms with van der Waals surface area (Å²) in [7, 11) is 3.81. The van der Waals surface area contributed by atoms with Crippen molar-refractivity contribution in [2.75, 3.05) is 39.0 Å². The fraction of sp³-hybridized carbons (Fsp3) is 0.409. The highest BCUT2D eigenvalue weighted by molar-refractivity contribution is 6.42. The topological polar surface area (TPSA) is 35.6 Å². The quantitative estimate of drug-likeness (QED) is 0.694. The molecule has 0 saturated carbocycles. The zero-order chi connectivity index (χ0) is 20.1. The van der Waals surface area contributed by atoms with Crippen LogP contribution in [0.2, 0.25) is 10.0 Å². The van der Waals surface area contributed by atoms with Crippen molar-refractivity contribution < 1.29 is 4.79 Å². The Labute approximate surface area is 177 Å². The van der Waals surface area contributed by atoms with Gasteiger partial charge in [0.05, 0.1) is 22.5 Å². The molecule has 1 atom stereocenters. The molecule has 0 bridgehead atoms. The molecule has 3 rings (SSSR count). The van der Waals surface area contributed by atoms with Gasteiger partial charge in [0.15, 0.2) is 0 Å². The molecule has 1 saturated heterocycles. The van der Waals surface area contributed by atoms with Gasteiger partial charge in [0.1, 0.15) is 0 Å². The number of hydrogen-bond donors (Lipinski definition) is 1. The lowest BCUT2D eigenvalue weighted by Gasteiger charge is -2.32. The van der Waals surface area contributed by atoms with Gasteiger partial charge in [-0.15, -0.1) is 0 Å². The standard InChI is InChI=1S/C22H27Cl2N3O/c1-25-18-7-5-6-17(14-18)21(15-27-10-3-4-11-27)26(2)22(28)13-16-8-9-19(23)20(24)12-16/h5-9,12,14,21,25H,3-4,10-11,13,15H2,1-2H3/t21-/m0/s1. The number of hydrogen-bond acceptors (Lipinski definition) is 3. The van der Waals surface area contributed by atoms with Crippen LogP contribution in [-0.4, -0.2) is 49.4 Å². The van der Waals surface area contributed by atoms with E-state index in [4.69, 9.17) is 23.2 Å². The summed E-state index contributed by atoms with van der Waals surface area (Å²) in [5.41, 5.74) is 3.06. The number of likely N-dealkylation sites (N-methyl/N-ethyl adjacent to an activating group) is 1. The largest absolute Gasteiger partial charge is 0.388 e. The number of amides is 1. The van der Waals surface area contributed by atoms with Crippen molar-refractivity contribution in [3.05, 3.63) is 63.6 Å². The summed E-state index contributed by atoms with van der Waals surface area (Å²) in [6.45, 7) is 3.03. The first-order valence-corrected chi connectivity index (χ1v) is 10.4. The summed E-state index contributed by atoms with van der Waals surface area (Å²) >= 11 is 12.1. The van der Waals surface area contributed by atoms with E-state index in [9.17, 15) is 4.79 Å². The Balaban J connectivity index is 1.80. The number of carbonyl (C=O) groups excluding carboxylic acids is 1. The van der Waals surface area contributed by atoms with E-state index in [0.29, 0.717) is 16.5 Å². The molecule has 1 fully saturated rings. The van der Waals surface area contributed by atoms with Crippen molar-refractivity contribution in [1.29, 1.82) is 0 Å². The highest BCUT2D eigenvalue weighted by Crippen LogP contribution is 2.27. The molecule has 0 unspecified atom stereocenters.